The first-order valence-corrected chi connectivity index (χ1v) is 5.22. The van der Waals surface area contributed by atoms with Gasteiger partial charge in [-0.15, -0.1) is 0 Å². The summed E-state index contributed by atoms with van der Waals surface area (Å²) in [5.41, 5.74) is 5.70. The summed E-state index contributed by atoms with van der Waals surface area (Å²) in [6.45, 7) is 6.77. The van der Waals surface area contributed by atoms with E-state index in [1.807, 2.05) is 19.1 Å². The molecule has 0 aliphatic rings. The molecule has 1 atom stereocenters. The van der Waals surface area contributed by atoms with Crippen molar-refractivity contribution in [1.82, 2.24) is 5.32 Å². The van der Waals surface area contributed by atoms with Gasteiger partial charge in [-0.3, -0.25) is 4.79 Å². The number of nitrogens with two attached hydrogens (primary N) is 1. The molecule has 0 saturated carbocycles. The molecule has 3 nitrogen and oxygen atoms in total. The van der Waals surface area contributed by atoms with Gasteiger partial charge < -0.3 is 11.1 Å². The Bertz CT molecular complexity index is 188. The van der Waals surface area contributed by atoms with Crippen molar-refractivity contribution in [2.45, 2.75) is 39.7 Å². The van der Waals surface area contributed by atoms with Gasteiger partial charge in [-0.25, -0.2) is 0 Å². The number of hydrogen-bond donors (Lipinski definition) is 2. The van der Waals surface area contributed by atoms with Crippen molar-refractivity contribution >= 4 is 5.91 Å². The van der Waals surface area contributed by atoms with E-state index >= 15 is 0 Å². The van der Waals surface area contributed by atoms with E-state index in [2.05, 4.69) is 19.2 Å². The number of carbonyl (C=O) groups excluding carboxylic acids is 1. The minimum absolute atomic E-state index is 0.0387. The molecule has 3 heteroatoms. The third-order valence-electron chi connectivity index (χ3n) is 1.91. The fraction of sp³-hybridized carbons (Fsp3) is 0.727. The summed E-state index contributed by atoms with van der Waals surface area (Å²) in [7, 11) is 0. The van der Waals surface area contributed by atoms with Gasteiger partial charge in [-0.05, 0) is 25.7 Å². The molecule has 0 bridgehead atoms. The van der Waals surface area contributed by atoms with Crippen LogP contribution in [0.2, 0.25) is 0 Å². The van der Waals surface area contributed by atoms with E-state index in [9.17, 15) is 4.79 Å². The Balaban J connectivity index is 3.62. The molecule has 1 amide bonds. The standard InChI is InChI=1S/C11H22N2O/c1-4-5-6-7-13-11(14)10(12)8-9(2)3/h4-5,9-10H,6-8,12H2,1-3H3,(H,13,14)/b5-4+. The lowest BCUT2D eigenvalue weighted by atomic mass is 10.0. The van der Waals surface area contributed by atoms with E-state index in [0.717, 1.165) is 12.8 Å². The summed E-state index contributed by atoms with van der Waals surface area (Å²) in [6, 6.07) is -0.361. The van der Waals surface area contributed by atoms with E-state index in [-0.39, 0.29) is 11.9 Å². The minimum Gasteiger partial charge on any atom is -0.354 e. The molecule has 0 rings (SSSR count). The number of carbonyl (C=O) groups is 1. The highest BCUT2D eigenvalue weighted by atomic mass is 16.2. The summed E-state index contributed by atoms with van der Waals surface area (Å²) >= 11 is 0. The summed E-state index contributed by atoms with van der Waals surface area (Å²) < 4.78 is 0. The zero-order chi connectivity index (χ0) is 11.0. The van der Waals surface area contributed by atoms with Crippen molar-refractivity contribution in [3.63, 3.8) is 0 Å². The Kier molecular flexibility index (Phi) is 7.11. The first-order chi connectivity index (χ1) is 6.57. The largest absolute Gasteiger partial charge is 0.354 e. The van der Waals surface area contributed by atoms with Crippen LogP contribution in [0.3, 0.4) is 0 Å². The average molecular weight is 198 g/mol. The van der Waals surface area contributed by atoms with Gasteiger partial charge in [0.2, 0.25) is 5.91 Å². The van der Waals surface area contributed by atoms with Crippen molar-refractivity contribution in [2.75, 3.05) is 6.54 Å². The Labute approximate surface area is 86.8 Å². The van der Waals surface area contributed by atoms with Crippen molar-refractivity contribution < 1.29 is 4.79 Å². The summed E-state index contributed by atoms with van der Waals surface area (Å²) in [5.74, 6) is 0.425. The molecule has 0 saturated heterocycles. The lowest BCUT2D eigenvalue weighted by Gasteiger charge is -2.13. The van der Waals surface area contributed by atoms with E-state index in [4.69, 9.17) is 5.73 Å². The Morgan fingerprint density at radius 2 is 2.14 bits per heavy atom. The number of allylic oxidation sites excluding steroid dienone is 1. The molecule has 0 aromatic carbocycles. The smallest absolute Gasteiger partial charge is 0.236 e. The van der Waals surface area contributed by atoms with Gasteiger partial charge in [0.15, 0.2) is 0 Å². The molecular weight excluding hydrogens is 176 g/mol. The van der Waals surface area contributed by atoms with Crippen LogP contribution in [-0.4, -0.2) is 18.5 Å². The molecule has 0 aliphatic carbocycles. The molecule has 0 aromatic heterocycles. The predicted molar refractivity (Wildman–Crippen MR) is 59.9 cm³/mol. The molecule has 1 unspecified atom stereocenters. The summed E-state index contributed by atoms with van der Waals surface area (Å²) in [4.78, 5) is 11.4. The normalized spacial score (nSPS) is 13.5. The molecule has 0 fully saturated rings. The molecular formula is C11H22N2O. The van der Waals surface area contributed by atoms with Gasteiger partial charge in [0.1, 0.15) is 0 Å². The molecule has 3 N–H and O–H groups in total. The Hall–Kier alpha value is -0.830. The maximum atomic E-state index is 11.4. The lowest BCUT2D eigenvalue weighted by molar-refractivity contribution is -0.122. The second-order valence-electron chi connectivity index (χ2n) is 3.88. The molecule has 0 heterocycles. The highest BCUT2D eigenvalue weighted by Crippen LogP contribution is 2.02. The van der Waals surface area contributed by atoms with Crippen molar-refractivity contribution in [3.8, 4) is 0 Å². The third kappa shape index (κ3) is 6.66. The fourth-order valence-corrected chi connectivity index (χ4v) is 1.19. The molecule has 0 aliphatic heterocycles. The Morgan fingerprint density at radius 3 is 2.64 bits per heavy atom. The van der Waals surface area contributed by atoms with Gasteiger partial charge in [-0.1, -0.05) is 26.0 Å². The zero-order valence-corrected chi connectivity index (χ0v) is 9.42. The summed E-state index contributed by atoms with van der Waals surface area (Å²) in [5, 5.41) is 2.81. The van der Waals surface area contributed by atoms with Gasteiger partial charge in [-0.2, -0.15) is 0 Å². The van der Waals surface area contributed by atoms with E-state index < -0.39 is 0 Å². The quantitative estimate of drug-likeness (QED) is 0.501. The Morgan fingerprint density at radius 1 is 1.50 bits per heavy atom. The van der Waals surface area contributed by atoms with Gasteiger partial charge >= 0.3 is 0 Å². The average Bonchev–Trinajstić information content (AvgIpc) is 2.11. The lowest BCUT2D eigenvalue weighted by Crippen LogP contribution is -2.41. The molecule has 0 spiro atoms. The van der Waals surface area contributed by atoms with Crippen LogP contribution in [0.5, 0.6) is 0 Å². The van der Waals surface area contributed by atoms with Gasteiger partial charge in [0.25, 0.3) is 0 Å². The molecule has 14 heavy (non-hydrogen) atoms. The number of rotatable bonds is 6. The van der Waals surface area contributed by atoms with Crippen LogP contribution in [0.25, 0.3) is 0 Å². The maximum Gasteiger partial charge on any atom is 0.236 e. The number of nitrogens with one attached hydrogen (secondary N) is 1. The monoisotopic (exact) mass is 198 g/mol. The third-order valence-corrected chi connectivity index (χ3v) is 1.91. The van der Waals surface area contributed by atoms with Crippen molar-refractivity contribution in [1.29, 1.82) is 0 Å². The molecule has 0 radical (unpaired) electrons. The summed E-state index contributed by atoms with van der Waals surface area (Å²) in [6.07, 6.45) is 5.61. The van der Waals surface area contributed by atoms with E-state index in [1.165, 1.54) is 0 Å². The fourth-order valence-electron chi connectivity index (χ4n) is 1.19. The van der Waals surface area contributed by atoms with Crippen LogP contribution in [0.4, 0.5) is 0 Å². The van der Waals surface area contributed by atoms with Gasteiger partial charge in [0.05, 0.1) is 6.04 Å². The maximum absolute atomic E-state index is 11.4. The number of hydrogen-bond acceptors (Lipinski definition) is 2. The highest BCUT2D eigenvalue weighted by molar-refractivity contribution is 5.81. The first-order valence-electron chi connectivity index (χ1n) is 5.22. The SMILES string of the molecule is C/C=C/CCNC(=O)C(N)CC(C)C. The van der Waals surface area contributed by atoms with Crippen molar-refractivity contribution in [2.24, 2.45) is 11.7 Å². The van der Waals surface area contributed by atoms with E-state index in [1.54, 1.807) is 0 Å². The minimum atomic E-state index is -0.361. The van der Waals surface area contributed by atoms with Crippen LogP contribution in [0.1, 0.15) is 33.6 Å². The molecule has 0 aromatic rings. The second-order valence-corrected chi connectivity index (χ2v) is 3.88. The second kappa shape index (κ2) is 7.56. The molecule has 82 valence electrons. The van der Waals surface area contributed by atoms with Crippen LogP contribution in [0.15, 0.2) is 12.2 Å². The van der Waals surface area contributed by atoms with Crippen LogP contribution >= 0.6 is 0 Å². The van der Waals surface area contributed by atoms with Gasteiger partial charge in [0, 0.05) is 6.54 Å². The zero-order valence-electron chi connectivity index (χ0n) is 9.42. The first kappa shape index (κ1) is 13.2. The van der Waals surface area contributed by atoms with Crippen molar-refractivity contribution in [3.05, 3.63) is 12.2 Å². The van der Waals surface area contributed by atoms with Crippen LogP contribution in [-0.2, 0) is 4.79 Å². The van der Waals surface area contributed by atoms with E-state index in [0.29, 0.717) is 12.5 Å². The van der Waals surface area contributed by atoms with Crippen LogP contribution < -0.4 is 11.1 Å². The number of amides is 1. The highest BCUT2D eigenvalue weighted by Gasteiger charge is 2.13. The topological polar surface area (TPSA) is 55.1 Å². The van der Waals surface area contributed by atoms with Crippen LogP contribution in [0, 0.1) is 5.92 Å². The predicted octanol–water partition coefficient (Wildman–Crippen LogP) is 1.44.